The van der Waals surface area contributed by atoms with Crippen molar-refractivity contribution in [3.8, 4) is 0 Å². The van der Waals surface area contributed by atoms with Crippen molar-refractivity contribution >= 4 is 39.5 Å². The fourth-order valence-corrected chi connectivity index (χ4v) is 12.7. The van der Waals surface area contributed by atoms with E-state index in [0.717, 1.165) is 108 Å². The summed E-state index contributed by atoms with van der Waals surface area (Å²) in [6.07, 6.45) is 48.6. The van der Waals surface area contributed by atoms with Gasteiger partial charge in [0.2, 0.25) is 0 Å². The van der Waals surface area contributed by atoms with E-state index in [1.807, 2.05) is 0 Å². The topological polar surface area (TPSA) is 237 Å². The fraction of sp³-hybridized carbons (Fsp3) is 0.945. The summed E-state index contributed by atoms with van der Waals surface area (Å²) in [5, 5.41) is 10.6. The molecule has 0 aromatic carbocycles. The highest BCUT2D eigenvalue weighted by atomic mass is 31.2. The maximum absolute atomic E-state index is 13.1. The third-order valence-electron chi connectivity index (χ3n) is 16.9. The van der Waals surface area contributed by atoms with Gasteiger partial charge in [-0.05, 0) is 43.4 Å². The van der Waals surface area contributed by atoms with Gasteiger partial charge < -0.3 is 33.8 Å². The molecule has 19 heteroatoms. The first-order chi connectivity index (χ1) is 44.2. The quantitative estimate of drug-likeness (QED) is 0.0222. The largest absolute Gasteiger partial charge is 0.472 e. The average molecular weight is 1350 g/mol. The summed E-state index contributed by atoms with van der Waals surface area (Å²) in [6, 6.07) is 0. The van der Waals surface area contributed by atoms with Crippen molar-refractivity contribution in [3.63, 3.8) is 0 Å². The van der Waals surface area contributed by atoms with Crippen molar-refractivity contribution in [2.45, 2.75) is 388 Å². The number of carbonyl (C=O) groups excluding carboxylic acids is 4. The highest BCUT2D eigenvalue weighted by molar-refractivity contribution is 7.47. The van der Waals surface area contributed by atoms with Crippen LogP contribution in [0.2, 0.25) is 0 Å². The number of esters is 4. The molecule has 0 fully saturated rings. The van der Waals surface area contributed by atoms with E-state index in [1.165, 1.54) is 180 Å². The molecule has 0 spiro atoms. The molecule has 0 aliphatic rings. The van der Waals surface area contributed by atoms with Gasteiger partial charge in [0.05, 0.1) is 26.4 Å². The zero-order valence-electron chi connectivity index (χ0n) is 60.0. The zero-order chi connectivity index (χ0) is 68.0. The molecule has 17 nitrogen and oxygen atoms in total. The number of unbranched alkanes of at least 4 members (excludes halogenated alkanes) is 39. The van der Waals surface area contributed by atoms with E-state index in [4.69, 9.17) is 37.0 Å². The Balaban J connectivity index is 5.25. The van der Waals surface area contributed by atoms with E-state index in [-0.39, 0.29) is 25.7 Å². The molecular formula is C73H142O17P2. The van der Waals surface area contributed by atoms with E-state index >= 15 is 0 Å². The van der Waals surface area contributed by atoms with Crippen LogP contribution < -0.4 is 0 Å². The van der Waals surface area contributed by atoms with Crippen molar-refractivity contribution in [2.24, 2.45) is 17.8 Å². The molecule has 92 heavy (non-hydrogen) atoms. The summed E-state index contributed by atoms with van der Waals surface area (Å²) in [4.78, 5) is 72.7. The Kier molecular flexibility index (Phi) is 62.4. The summed E-state index contributed by atoms with van der Waals surface area (Å²) in [5.41, 5.74) is 0. The molecule has 0 radical (unpaired) electrons. The van der Waals surface area contributed by atoms with Gasteiger partial charge in [0.1, 0.15) is 19.3 Å². The van der Waals surface area contributed by atoms with Gasteiger partial charge in [-0.2, -0.15) is 0 Å². The Bertz CT molecular complexity index is 1800. The summed E-state index contributed by atoms with van der Waals surface area (Å²) in [5.74, 6) is 0.0836. The van der Waals surface area contributed by atoms with Gasteiger partial charge in [0, 0.05) is 25.7 Å². The van der Waals surface area contributed by atoms with Crippen LogP contribution in [0.25, 0.3) is 0 Å². The number of carbonyl (C=O) groups is 4. The molecule has 0 rings (SSSR count). The summed E-state index contributed by atoms with van der Waals surface area (Å²) in [6.45, 7) is 11.8. The Hall–Kier alpha value is -1.94. The van der Waals surface area contributed by atoms with Crippen LogP contribution >= 0.6 is 15.6 Å². The van der Waals surface area contributed by atoms with Crippen molar-refractivity contribution in [2.75, 3.05) is 39.6 Å². The summed E-state index contributed by atoms with van der Waals surface area (Å²) >= 11 is 0. The van der Waals surface area contributed by atoms with E-state index in [2.05, 4.69) is 48.5 Å². The zero-order valence-corrected chi connectivity index (χ0v) is 61.8. The molecule has 0 saturated heterocycles. The number of aliphatic hydroxyl groups is 1. The minimum Gasteiger partial charge on any atom is -0.462 e. The standard InChI is InChI=1S/C73H142O17P2/c1-8-9-10-11-12-13-14-15-16-17-18-19-20-25-35-42-49-56-72(77)89-68(60-83-70(75)54-47-40-33-26-21-23-30-37-44-51-64(2)3)62-87-91(79,80)85-58-67(74)59-86-92(81,82)88-63-69(61-84-71(76)55-48-41-34-29-28-32-39-46-53-66(6)7)90-73(78)57-50-43-36-27-22-24-31-38-45-52-65(4)5/h64-69,74H,8-63H2,1-7H3,(H,79,80)(H,81,82)/t67-,68-,69-/m1/s1. The lowest BCUT2D eigenvalue weighted by atomic mass is 10.0. The van der Waals surface area contributed by atoms with Gasteiger partial charge in [0.25, 0.3) is 0 Å². The predicted molar refractivity (Wildman–Crippen MR) is 372 cm³/mol. The molecular weight excluding hydrogens is 1210 g/mol. The second-order valence-corrected chi connectivity index (χ2v) is 30.7. The Labute approximate surface area is 562 Å². The molecule has 0 saturated carbocycles. The van der Waals surface area contributed by atoms with Crippen molar-refractivity contribution in [1.29, 1.82) is 0 Å². The lowest BCUT2D eigenvalue weighted by Gasteiger charge is -2.21. The van der Waals surface area contributed by atoms with E-state index in [0.29, 0.717) is 25.7 Å². The van der Waals surface area contributed by atoms with Crippen LogP contribution in [0.5, 0.6) is 0 Å². The molecule has 0 aromatic rings. The minimum absolute atomic E-state index is 0.105. The lowest BCUT2D eigenvalue weighted by molar-refractivity contribution is -0.161. The van der Waals surface area contributed by atoms with Crippen molar-refractivity contribution in [3.05, 3.63) is 0 Å². The number of aliphatic hydroxyl groups excluding tert-OH is 1. The predicted octanol–water partition coefficient (Wildman–Crippen LogP) is 21.0. The molecule has 0 bridgehead atoms. The maximum Gasteiger partial charge on any atom is 0.472 e. The highest BCUT2D eigenvalue weighted by Crippen LogP contribution is 2.45. The second-order valence-electron chi connectivity index (χ2n) is 27.8. The number of hydrogen-bond donors (Lipinski definition) is 3. The molecule has 0 aromatic heterocycles. The third-order valence-corrected chi connectivity index (χ3v) is 18.8. The number of phosphoric ester groups is 2. The van der Waals surface area contributed by atoms with Crippen LogP contribution in [0.3, 0.4) is 0 Å². The van der Waals surface area contributed by atoms with Crippen molar-refractivity contribution < 1.29 is 80.2 Å². The van der Waals surface area contributed by atoms with E-state index in [1.54, 1.807) is 0 Å². The first-order valence-corrected chi connectivity index (χ1v) is 40.8. The number of ether oxygens (including phenoxy) is 4. The number of phosphoric acid groups is 2. The second kappa shape index (κ2) is 63.8. The highest BCUT2D eigenvalue weighted by Gasteiger charge is 2.30. The molecule has 0 aliphatic carbocycles. The van der Waals surface area contributed by atoms with Crippen LogP contribution in [-0.2, 0) is 65.4 Å². The van der Waals surface area contributed by atoms with Crippen LogP contribution in [0.1, 0.15) is 370 Å². The van der Waals surface area contributed by atoms with Gasteiger partial charge in [-0.15, -0.1) is 0 Å². The molecule has 0 amide bonds. The SMILES string of the molecule is CCCCCCCCCCCCCCCCCCCC(=O)O[C@H](COC(=O)CCCCCCCCCCCC(C)C)COP(=O)(O)OC[C@@H](O)COP(=O)(O)OC[C@@H](COC(=O)CCCCCCCCCCC(C)C)OC(=O)CCCCCCCCCCCC(C)C. The van der Waals surface area contributed by atoms with Crippen LogP contribution in [0.4, 0.5) is 0 Å². The van der Waals surface area contributed by atoms with Crippen molar-refractivity contribution in [1.82, 2.24) is 0 Å². The molecule has 3 N–H and O–H groups in total. The Morgan fingerprint density at radius 1 is 0.293 bits per heavy atom. The first kappa shape index (κ1) is 90.1. The summed E-state index contributed by atoms with van der Waals surface area (Å²) < 4.78 is 68.4. The van der Waals surface area contributed by atoms with Gasteiger partial charge in [-0.25, -0.2) is 9.13 Å². The summed E-state index contributed by atoms with van der Waals surface area (Å²) in [7, 11) is -9.91. The number of hydrogen-bond acceptors (Lipinski definition) is 15. The lowest BCUT2D eigenvalue weighted by Crippen LogP contribution is -2.30. The molecule has 0 heterocycles. The maximum atomic E-state index is 13.1. The molecule has 0 aliphatic heterocycles. The van der Waals surface area contributed by atoms with E-state index in [9.17, 15) is 43.2 Å². The normalized spacial score (nSPS) is 14.1. The molecule has 5 atom stereocenters. The Morgan fingerprint density at radius 3 is 0.739 bits per heavy atom. The van der Waals surface area contributed by atoms with Gasteiger partial charge in [-0.3, -0.25) is 37.3 Å². The van der Waals surface area contributed by atoms with E-state index < -0.39 is 97.5 Å². The first-order valence-electron chi connectivity index (χ1n) is 37.8. The Morgan fingerprint density at radius 2 is 0.500 bits per heavy atom. The molecule has 546 valence electrons. The number of rotatable bonds is 71. The smallest absolute Gasteiger partial charge is 0.462 e. The van der Waals surface area contributed by atoms with Crippen LogP contribution in [-0.4, -0.2) is 96.7 Å². The third kappa shape index (κ3) is 66.7. The van der Waals surface area contributed by atoms with Gasteiger partial charge >= 0.3 is 39.5 Å². The van der Waals surface area contributed by atoms with Crippen LogP contribution in [0.15, 0.2) is 0 Å². The monoisotopic (exact) mass is 1350 g/mol. The fourth-order valence-electron chi connectivity index (χ4n) is 11.1. The minimum atomic E-state index is -4.95. The average Bonchev–Trinajstić information content (AvgIpc) is 1.58. The van der Waals surface area contributed by atoms with Crippen LogP contribution in [0, 0.1) is 17.8 Å². The van der Waals surface area contributed by atoms with Gasteiger partial charge in [-0.1, -0.05) is 318 Å². The molecule has 2 unspecified atom stereocenters. The van der Waals surface area contributed by atoms with Gasteiger partial charge in [0.15, 0.2) is 12.2 Å².